The van der Waals surface area contributed by atoms with Crippen LogP contribution >= 0.6 is 0 Å². The Hall–Kier alpha value is -2.20. The fourth-order valence-corrected chi connectivity index (χ4v) is 2.63. The number of aryl methyl sites for hydroxylation is 1. The van der Waals surface area contributed by atoms with Gasteiger partial charge in [-0.05, 0) is 36.6 Å². The monoisotopic (exact) mass is 267 g/mol. The number of hydrogen-bond donors (Lipinski definition) is 1. The maximum Gasteiger partial charge on any atom is 0.259 e. The molecule has 102 valence electrons. The van der Waals surface area contributed by atoms with Crippen molar-refractivity contribution in [2.75, 3.05) is 11.4 Å². The Labute approximate surface area is 118 Å². The summed E-state index contributed by atoms with van der Waals surface area (Å²) in [6, 6.07) is 9.72. The Morgan fingerprint density at radius 1 is 1.35 bits per heavy atom. The molecule has 0 spiro atoms. The van der Waals surface area contributed by atoms with Crippen molar-refractivity contribution in [1.29, 1.82) is 0 Å². The average molecular weight is 267 g/mol. The van der Waals surface area contributed by atoms with Gasteiger partial charge in [-0.25, -0.2) is 0 Å². The molecule has 1 aromatic heterocycles. The summed E-state index contributed by atoms with van der Waals surface area (Å²) in [5, 5.41) is 0. The van der Waals surface area contributed by atoms with Crippen LogP contribution in [0.4, 0.5) is 5.69 Å². The first-order valence-corrected chi connectivity index (χ1v) is 6.75. The summed E-state index contributed by atoms with van der Waals surface area (Å²) in [7, 11) is 0. The molecule has 0 saturated carbocycles. The summed E-state index contributed by atoms with van der Waals surface area (Å²) in [6.07, 6.45) is 4.14. The maximum atomic E-state index is 12.7. The summed E-state index contributed by atoms with van der Waals surface area (Å²) < 4.78 is 0. The third kappa shape index (κ3) is 2.18. The van der Waals surface area contributed by atoms with Crippen LogP contribution in [0.5, 0.6) is 0 Å². The zero-order valence-electron chi connectivity index (χ0n) is 11.4. The molecule has 0 aliphatic carbocycles. The molecule has 0 bridgehead atoms. The van der Waals surface area contributed by atoms with Crippen LogP contribution in [0.3, 0.4) is 0 Å². The second kappa shape index (κ2) is 5.06. The number of amides is 1. The number of aromatic nitrogens is 1. The molecule has 2 N–H and O–H groups in total. The van der Waals surface area contributed by atoms with E-state index >= 15 is 0 Å². The zero-order valence-corrected chi connectivity index (χ0v) is 11.4. The lowest BCUT2D eigenvalue weighted by Gasteiger charge is -2.32. The minimum Gasteiger partial charge on any atom is -0.324 e. The minimum atomic E-state index is -0.0134. The van der Waals surface area contributed by atoms with E-state index in [4.69, 9.17) is 5.73 Å². The lowest BCUT2D eigenvalue weighted by Crippen LogP contribution is -2.38. The quantitative estimate of drug-likeness (QED) is 0.863. The molecule has 0 saturated heterocycles. The molecule has 3 rings (SSSR count). The van der Waals surface area contributed by atoms with Crippen LogP contribution in [0, 0.1) is 6.92 Å². The van der Waals surface area contributed by atoms with Gasteiger partial charge in [-0.15, -0.1) is 0 Å². The first kappa shape index (κ1) is 12.8. The van der Waals surface area contributed by atoms with Gasteiger partial charge in [-0.1, -0.05) is 18.2 Å². The van der Waals surface area contributed by atoms with Gasteiger partial charge >= 0.3 is 0 Å². The van der Waals surface area contributed by atoms with Gasteiger partial charge in [0.15, 0.2) is 0 Å². The molecule has 4 heteroatoms. The SMILES string of the molecule is Cc1cncc(C(=O)N2CCC(N)c3ccccc32)c1. The third-order valence-electron chi connectivity index (χ3n) is 3.66. The van der Waals surface area contributed by atoms with E-state index in [9.17, 15) is 4.79 Å². The number of carbonyl (C=O) groups excluding carboxylic acids is 1. The molecule has 1 atom stereocenters. The highest BCUT2D eigenvalue weighted by Crippen LogP contribution is 2.32. The highest BCUT2D eigenvalue weighted by molar-refractivity contribution is 6.06. The van der Waals surface area contributed by atoms with E-state index in [1.165, 1.54) is 0 Å². The Balaban J connectivity index is 1.99. The normalized spacial score (nSPS) is 17.7. The van der Waals surface area contributed by atoms with Crippen molar-refractivity contribution in [3.8, 4) is 0 Å². The molecule has 0 fully saturated rings. The molecular weight excluding hydrogens is 250 g/mol. The molecule has 0 radical (unpaired) electrons. The number of nitrogens with two attached hydrogens (primary N) is 1. The second-order valence-electron chi connectivity index (χ2n) is 5.16. The van der Waals surface area contributed by atoms with E-state index in [1.54, 1.807) is 17.3 Å². The molecule has 4 nitrogen and oxygen atoms in total. The van der Waals surface area contributed by atoms with Crippen molar-refractivity contribution in [3.63, 3.8) is 0 Å². The summed E-state index contributed by atoms with van der Waals surface area (Å²) in [5.41, 5.74) is 9.68. The van der Waals surface area contributed by atoms with Crippen LogP contribution in [0.2, 0.25) is 0 Å². The number of pyridine rings is 1. The molecule has 1 amide bonds. The van der Waals surface area contributed by atoms with E-state index in [1.807, 2.05) is 37.3 Å². The lowest BCUT2D eigenvalue weighted by molar-refractivity contribution is 0.0984. The number of carbonyl (C=O) groups is 1. The van der Waals surface area contributed by atoms with Crippen LogP contribution in [0.15, 0.2) is 42.7 Å². The van der Waals surface area contributed by atoms with Gasteiger partial charge in [0.25, 0.3) is 5.91 Å². The van der Waals surface area contributed by atoms with E-state index in [0.29, 0.717) is 12.1 Å². The number of fused-ring (bicyclic) bond motifs is 1. The van der Waals surface area contributed by atoms with E-state index in [0.717, 1.165) is 23.2 Å². The smallest absolute Gasteiger partial charge is 0.259 e. The zero-order chi connectivity index (χ0) is 14.1. The molecule has 2 heterocycles. The molecule has 1 unspecified atom stereocenters. The minimum absolute atomic E-state index is 0.00545. The Morgan fingerprint density at radius 2 is 2.15 bits per heavy atom. The summed E-state index contributed by atoms with van der Waals surface area (Å²) in [4.78, 5) is 18.6. The van der Waals surface area contributed by atoms with Crippen LogP contribution in [0.25, 0.3) is 0 Å². The summed E-state index contributed by atoms with van der Waals surface area (Å²) >= 11 is 0. The molecule has 1 aromatic carbocycles. The third-order valence-corrected chi connectivity index (χ3v) is 3.66. The van der Waals surface area contributed by atoms with Crippen molar-refractivity contribution in [2.24, 2.45) is 5.73 Å². The van der Waals surface area contributed by atoms with E-state index in [2.05, 4.69) is 4.98 Å². The van der Waals surface area contributed by atoms with Crippen LogP contribution in [-0.4, -0.2) is 17.4 Å². The number of benzene rings is 1. The van der Waals surface area contributed by atoms with Crippen molar-refractivity contribution >= 4 is 11.6 Å². The van der Waals surface area contributed by atoms with E-state index < -0.39 is 0 Å². The van der Waals surface area contributed by atoms with Gasteiger partial charge in [-0.2, -0.15) is 0 Å². The summed E-state index contributed by atoms with van der Waals surface area (Å²) in [5.74, 6) is -0.0134. The van der Waals surface area contributed by atoms with Crippen LogP contribution in [0.1, 0.15) is 33.9 Å². The number of rotatable bonds is 1. The van der Waals surface area contributed by atoms with Gasteiger partial charge in [-0.3, -0.25) is 9.78 Å². The fourth-order valence-electron chi connectivity index (χ4n) is 2.63. The molecule has 1 aliphatic heterocycles. The highest BCUT2D eigenvalue weighted by atomic mass is 16.2. The van der Waals surface area contributed by atoms with Crippen molar-refractivity contribution in [3.05, 3.63) is 59.4 Å². The van der Waals surface area contributed by atoms with Crippen molar-refractivity contribution < 1.29 is 4.79 Å². The van der Waals surface area contributed by atoms with Gasteiger partial charge in [0.05, 0.1) is 5.56 Å². The predicted octanol–water partition coefficient (Wildman–Crippen LogP) is 2.44. The average Bonchev–Trinajstić information content (AvgIpc) is 2.47. The molecule has 20 heavy (non-hydrogen) atoms. The van der Waals surface area contributed by atoms with Crippen molar-refractivity contribution in [2.45, 2.75) is 19.4 Å². The first-order valence-electron chi connectivity index (χ1n) is 6.75. The topological polar surface area (TPSA) is 59.2 Å². The predicted molar refractivity (Wildman–Crippen MR) is 78.6 cm³/mol. The highest BCUT2D eigenvalue weighted by Gasteiger charge is 2.27. The Kier molecular flexibility index (Phi) is 3.24. The number of hydrogen-bond acceptors (Lipinski definition) is 3. The van der Waals surface area contributed by atoms with Crippen LogP contribution in [-0.2, 0) is 0 Å². The molecule has 2 aromatic rings. The van der Waals surface area contributed by atoms with Gasteiger partial charge < -0.3 is 10.6 Å². The number of nitrogens with zero attached hydrogens (tertiary/aromatic N) is 2. The Morgan fingerprint density at radius 3 is 2.95 bits per heavy atom. The fraction of sp³-hybridized carbons (Fsp3) is 0.250. The van der Waals surface area contributed by atoms with Crippen LogP contribution < -0.4 is 10.6 Å². The number of para-hydroxylation sites is 1. The second-order valence-corrected chi connectivity index (χ2v) is 5.16. The van der Waals surface area contributed by atoms with Gasteiger partial charge in [0, 0.05) is 30.7 Å². The standard InChI is InChI=1S/C16H17N3O/c1-11-8-12(10-18-9-11)16(20)19-7-6-14(17)13-4-2-3-5-15(13)19/h2-5,8-10,14H,6-7,17H2,1H3. The van der Waals surface area contributed by atoms with Gasteiger partial charge in [0.1, 0.15) is 0 Å². The first-order chi connectivity index (χ1) is 9.66. The van der Waals surface area contributed by atoms with Gasteiger partial charge in [0.2, 0.25) is 0 Å². The molecule has 1 aliphatic rings. The number of anilines is 1. The Bertz CT molecular complexity index is 654. The van der Waals surface area contributed by atoms with E-state index in [-0.39, 0.29) is 11.9 Å². The largest absolute Gasteiger partial charge is 0.324 e. The van der Waals surface area contributed by atoms with Crippen molar-refractivity contribution in [1.82, 2.24) is 4.98 Å². The lowest BCUT2D eigenvalue weighted by atomic mass is 9.96. The maximum absolute atomic E-state index is 12.7. The molecular formula is C16H17N3O. The summed E-state index contributed by atoms with van der Waals surface area (Å²) in [6.45, 7) is 2.58.